The topological polar surface area (TPSA) is 45.4 Å². The lowest BCUT2D eigenvalue weighted by Crippen LogP contribution is -2.53. The van der Waals surface area contributed by atoms with Crippen LogP contribution < -0.4 is 10.6 Å². The van der Waals surface area contributed by atoms with Crippen molar-refractivity contribution in [3.63, 3.8) is 0 Å². The van der Waals surface area contributed by atoms with Crippen LogP contribution in [0.5, 0.6) is 0 Å². The molecule has 8 heteroatoms. The summed E-state index contributed by atoms with van der Waals surface area (Å²) in [4.78, 5) is 8.03. The molecule has 1 saturated heterocycles. The van der Waals surface area contributed by atoms with Gasteiger partial charge < -0.3 is 10.6 Å². The second-order valence-corrected chi connectivity index (χ2v) is 5.45. The van der Waals surface area contributed by atoms with Gasteiger partial charge in [0.2, 0.25) is 0 Å². The zero-order valence-electron chi connectivity index (χ0n) is 11.6. The molecule has 1 aromatic rings. The fraction of sp³-hybridized carbons (Fsp3) is 0.538. The van der Waals surface area contributed by atoms with Crippen molar-refractivity contribution in [3.8, 4) is 0 Å². The fourth-order valence-electron chi connectivity index (χ4n) is 2.37. The Kier molecular flexibility index (Phi) is 4.67. The van der Waals surface area contributed by atoms with Crippen LogP contribution in [0, 0.1) is 0 Å². The van der Waals surface area contributed by atoms with E-state index >= 15 is 0 Å². The Morgan fingerprint density at radius 3 is 2.48 bits per heavy atom. The van der Waals surface area contributed by atoms with Gasteiger partial charge in [-0.15, -0.1) is 0 Å². The maximum atomic E-state index is 13.0. The Balaban J connectivity index is 2.11. The second-order valence-electron chi connectivity index (χ2n) is 4.97. The monoisotopic (exact) mass is 318 g/mol. The Hall–Kier alpha value is -1.41. The highest BCUT2D eigenvalue weighted by molar-refractivity contribution is 7.80. The van der Waals surface area contributed by atoms with Crippen molar-refractivity contribution in [1.29, 1.82) is 0 Å². The van der Waals surface area contributed by atoms with E-state index in [1.165, 1.54) is 12.3 Å². The number of halogens is 3. The molecule has 2 N–H and O–H groups in total. The summed E-state index contributed by atoms with van der Waals surface area (Å²) in [6, 6.07) is 2.32. The third-order valence-corrected chi connectivity index (χ3v) is 4.01. The number of nitrogens with zero attached hydrogens (tertiary/aromatic N) is 3. The van der Waals surface area contributed by atoms with E-state index < -0.39 is 11.7 Å². The zero-order valence-corrected chi connectivity index (χ0v) is 12.4. The van der Waals surface area contributed by atoms with Crippen LogP contribution in [0.1, 0.15) is 12.5 Å². The third kappa shape index (κ3) is 3.62. The zero-order chi connectivity index (χ0) is 15.6. The van der Waals surface area contributed by atoms with Crippen molar-refractivity contribution < 1.29 is 13.2 Å². The second kappa shape index (κ2) is 6.15. The van der Waals surface area contributed by atoms with E-state index in [0.717, 1.165) is 6.07 Å². The molecule has 0 spiro atoms. The molecular formula is C13H17F3N4S. The number of nitrogens with two attached hydrogens (primary N) is 1. The van der Waals surface area contributed by atoms with Gasteiger partial charge in [-0.25, -0.2) is 4.98 Å². The summed E-state index contributed by atoms with van der Waals surface area (Å²) in [6.07, 6.45) is -3.01. The van der Waals surface area contributed by atoms with Crippen LogP contribution in [0.15, 0.2) is 18.3 Å². The van der Waals surface area contributed by atoms with Crippen molar-refractivity contribution in [2.45, 2.75) is 19.1 Å². The smallest absolute Gasteiger partial charge is 0.392 e. The largest absolute Gasteiger partial charge is 0.419 e. The summed E-state index contributed by atoms with van der Waals surface area (Å²) in [5.41, 5.74) is 4.92. The van der Waals surface area contributed by atoms with Crippen LogP contribution in [-0.4, -0.2) is 47.1 Å². The van der Waals surface area contributed by atoms with E-state index in [1.54, 1.807) is 4.90 Å². The van der Waals surface area contributed by atoms with Gasteiger partial charge in [-0.3, -0.25) is 4.90 Å². The van der Waals surface area contributed by atoms with E-state index in [1.807, 2.05) is 6.92 Å². The molecule has 0 bridgehead atoms. The quantitative estimate of drug-likeness (QED) is 0.863. The first-order chi connectivity index (χ1) is 9.80. The number of pyridine rings is 1. The average Bonchev–Trinajstić information content (AvgIpc) is 2.45. The Bertz CT molecular complexity index is 512. The summed E-state index contributed by atoms with van der Waals surface area (Å²) in [7, 11) is 0. The van der Waals surface area contributed by atoms with Gasteiger partial charge in [-0.1, -0.05) is 12.2 Å². The Morgan fingerprint density at radius 2 is 1.95 bits per heavy atom. The molecule has 1 aliphatic heterocycles. The minimum absolute atomic E-state index is 0.00683. The maximum absolute atomic E-state index is 13.0. The van der Waals surface area contributed by atoms with Crippen molar-refractivity contribution in [1.82, 2.24) is 9.88 Å². The molecule has 0 amide bonds. The van der Waals surface area contributed by atoms with Gasteiger partial charge in [0, 0.05) is 32.4 Å². The summed E-state index contributed by atoms with van der Waals surface area (Å²) >= 11 is 4.95. The number of piperazine rings is 1. The van der Waals surface area contributed by atoms with Gasteiger partial charge in [0.25, 0.3) is 0 Å². The van der Waals surface area contributed by atoms with Gasteiger partial charge in [0.05, 0.1) is 16.6 Å². The lowest BCUT2D eigenvalue weighted by Gasteiger charge is -2.38. The predicted molar refractivity (Wildman–Crippen MR) is 79.3 cm³/mol. The van der Waals surface area contributed by atoms with Crippen LogP contribution in [0.2, 0.25) is 0 Å². The molecule has 1 aliphatic rings. The van der Waals surface area contributed by atoms with Crippen molar-refractivity contribution >= 4 is 23.0 Å². The summed E-state index contributed by atoms with van der Waals surface area (Å²) in [5, 5.41) is 0. The molecule has 1 fully saturated rings. The minimum Gasteiger partial charge on any atom is -0.392 e. The fourth-order valence-corrected chi connectivity index (χ4v) is 2.52. The van der Waals surface area contributed by atoms with E-state index in [9.17, 15) is 13.2 Å². The number of alkyl halides is 3. The Labute approximate surface area is 126 Å². The maximum Gasteiger partial charge on any atom is 0.419 e. The first-order valence-corrected chi connectivity index (χ1v) is 7.02. The molecule has 0 radical (unpaired) electrons. The molecular weight excluding hydrogens is 301 g/mol. The minimum atomic E-state index is -4.40. The van der Waals surface area contributed by atoms with Crippen molar-refractivity contribution in [2.24, 2.45) is 5.73 Å². The number of hydrogen-bond donors (Lipinski definition) is 1. The van der Waals surface area contributed by atoms with E-state index in [4.69, 9.17) is 18.0 Å². The molecule has 0 saturated carbocycles. The molecule has 1 aromatic heterocycles. The van der Waals surface area contributed by atoms with E-state index in [0.29, 0.717) is 31.2 Å². The van der Waals surface area contributed by atoms with Gasteiger partial charge in [-0.05, 0) is 19.1 Å². The summed E-state index contributed by atoms with van der Waals surface area (Å²) in [5.74, 6) is -0.00683. The third-order valence-electron chi connectivity index (χ3n) is 3.67. The van der Waals surface area contributed by atoms with E-state index in [-0.39, 0.29) is 11.9 Å². The average molecular weight is 318 g/mol. The molecule has 2 heterocycles. The molecule has 116 valence electrons. The molecule has 4 nitrogen and oxygen atoms in total. The number of thiocarbonyl (C=S) groups is 1. The highest BCUT2D eigenvalue weighted by Crippen LogP contribution is 2.35. The lowest BCUT2D eigenvalue weighted by atomic mass is 10.2. The van der Waals surface area contributed by atoms with Crippen LogP contribution in [0.4, 0.5) is 19.0 Å². The number of aromatic nitrogens is 1. The summed E-state index contributed by atoms with van der Waals surface area (Å²) in [6.45, 7) is 4.04. The number of anilines is 1. The first kappa shape index (κ1) is 16.0. The molecule has 21 heavy (non-hydrogen) atoms. The van der Waals surface area contributed by atoms with Crippen LogP contribution in [0.25, 0.3) is 0 Å². The van der Waals surface area contributed by atoms with Gasteiger partial charge in [0.15, 0.2) is 0 Å². The van der Waals surface area contributed by atoms with E-state index in [2.05, 4.69) is 9.88 Å². The summed E-state index contributed by atoms with van der Waals surface area (Å²) < 4.78 is 39.0. The van der Waals surface area contributed by atoms with Crippen LogP contribution >= 0.6 is 12.2 Å². The molecule has 1 atom stereocenters. The van der Waals surface area contributed by atoms with Gasteiger partial charge in [0.1, 0.15) is 5.82 Å². The highest BCUT2D eigenvalue weighted by Gasteiger charge is 2.36. The van der Waals surface area contributed by atoms with Crippen LogP contribution in [0.3, 0.4) is 0 Å². The van der Waals surface area contributed by atoms with Gasteiger partial charge >= 0.3 is 6.18 Å². The molecule has 2 rings (SSSR count). The highest BCUT2D eigenvalue weighted by atomic mass is 32.1. The predicted octanol–water partition coefficient (Wildman–Crippen LogP) is 1.90. The molecule has 0 aliphatic carbocycles. The SMILES string of the molecule is CC(C(N)=S)N1CCN(c2ncccc2C(F)(F)F)CC1. The first-order valence-electron chi connectivity index (χ1n) is 6.61. The standard InChI is InChI=1S/C13H17F3N4S/c1-9(11(17)21)19-5-7-20(8-6-19)12-10(13(14,15)16)3-2-4-18-12/h2-4,9H,5-8H2,1H3,(H2,17,21). The molecule has 1 unspecified atom stereocenters. The van der Waals surface area contributed by atoms with Gasteiger partial charge in [-0.2, -0.15) is 13.2 Å². The number of rotatable bonds is 3. The molecule has 0 aromatic carbocycles. The normalized spacial score (nSPS) is 18.6. The number of hydrogen-bond acceptors (Lipinski definition) is 4. The lowest BCUT2D eigenvalue weighted by molar-refractivity contribution is -0.137. The van der Waals surface area contributed by atoms with Crippen molar-refractivity contribution in [2.75, 3.05) is 31.1 Å². The van der Waals surface area contributed by atoms with Crippen LogP contribution in [-0.2, 0) is 6.18 Å². The van der Waals surface area contributed by atoms with Crippen molar-refractivity contribution in [3.05, 3.63) is 23.9 Å². The Morgan fingerprint density at radius 1 is 1.33 bits per heavy atom.